The molecule has 0 spiro atoms. The van der Waals surface area contributed by atoms with Gasteiger partial charge in [-0.25, -0.2) is 0 Å². The monoisotopic (exact) mass is 211 g/mol. The van der Waals surface area contributed by atoms with Gasteiger partial charge in [0.2, 0.25) is 0 Å². The minimum Gasteiger partial charge on any atom is -0.326 e. The van der Waals surface area contributed by atoms with Crippen LogP contribution >= 0.6 is 0 Å². The average Bonchev–Trinajstić information content (AvgIpc) is 2.39. The molecular formula is C14H13NO. The van der Waals surface area contributed by atoms with E-state index >= 15 is 0 Å². The van der Waals surface area contributed by atoms with Gasteiger partial charge in [-0.15, -0.1) is 0 Å². The molecule has 0 saturated heterocycles. The molecule has 0 radical (unpaired) electrons. The molecule has 2 heteroatoms. The van der Waals surface area contributed by atoms with Crippen molar-refractivity contribution >= 4 is 6.29 Å². The second-order valence-electron chi connectivity index (χ2n) is 3.60. The molecule has 80 valence electrons. The van der Waals surface area contributed by atoms with E-state index in [1.807, 2.05) is 48.5 Å². The Balaban J connectivity index is 2.53. The molecule has 0 aliphatic heterocycles. The number of hydrogen-bond acceptors (Lipinski definition) is 2. The average molecular weight is 211 g/mol. The molecule has 0 atom stereocenters. The molecule has 0 aliphatic rings. The summed E-state index contributed by atoms with van der Waals surface area (Å²) in [6.07, 6.45) is 0.841. The summed E-state index contributed by atoms with van der Waals surface area (Å²) < 4.78 is 0. The first-order valence-electron chi connectivity index (χ1n) is 5.18. The van der Waals surface area contributed by atoms with Gasteiger partial charge in [0, 0.05) is 12.1 Å². The molecule has 2 aromatic carbocycles. The van der Waals surface area contributed by atoms with Crippen molar-refractivity contribution in [2.75, 3.05) is 0 Å². The van der Waals surface area contributed by atoms with Crippen molar-refractivity contribution in [3.63, 3.8) is 0 Å². The topological polar surface area (TPSA) is 43.1 Å². The molecular weight excluding hydrogens is 198 g/mol. The van der Waals surface area contributed by atoms with Gasteiger partial charge in [-0.1, -0.05) is 42.5 Å². The molecule has 2 N–H and O–H groups in total. The van der Waals surface area contributed by atoms with E-state index in [4.69, 9.17) is 5.73 Å². The van der Waals surface area contributed by atoms with Crippen molar-refractivity contribution in [1.82, 2.24) is 0 Å². The molecule has 2 nitrogen and oxygen atoms in total. The van der Waals surface area contributed by atoms with Gasteiger partial charge in [-0.2, -0.15) is 0 Å². The summed E-state index contributed by atoms with van der Waals surface area (Å²) in [5, 5.41) is 0. The Bertz CT molecular complexity index is 491. The highest BCUT2D eigenvalue weighted by atomic mass is 16.1. The minimum atomic E-state index is 0.436. The number of rotatable bonds is 3. The quantitative estimate of drug-likeness (QED) is 0.793. The van der Waals surface area contributed by atoms with E-state index in [1.165, 1.54) is 0 Å². The highest BCUT2D eigenvalue weighted by molar-refractivity contribution is 5.78. The zero-order chi connectivity index (χ0) is 11.4. The fourth-order valence-electron chi connectivity index (χ4n) is 1.76. The van der Waals surface area contributed by atoms with Crippen LogP contribution in [-0.4, -0.2) is 6.29 Å². The van der Waals surface area contributed by atoms with Crippen LogP contribution in [0.5, 0.6) is 0 Å². The number of aldehydes is 1. The summed E-state index contributed by atoms with van der Waals surface area (Å²) in [5.41, 5.74) is 9.58. The van der Waals surface area contributed by atoms with E-state index in [-0.39, 0.29) is 0 Å². The van der Waals surface area contributed by atoms with E-state index < -0.39 is 0 Å². The lowest BCUT2D eigenvalue weighted by Gasteiger charge is -2.08. The number of benzene rings is 2. The molecule has 0 heterocycles. The lowest BCUT2D eigenvalue weighted by atomic mass is 9.98. The van der Waals surface area contributed by atoms with Gasteiger partial charge < -0.3 is 5.73 Å². The van der Waals surface area contributed by atoms with E-state index in [2.05, 4.69) is 0 Å². The van der Waals surface area contributed by atoms with Gasteiger partial charge >= 0.3 is 0 Å². The molecule has 0 fully saturated rings. The van der Waals surface area contributed by atoms with Crippen LogP contribution in [0.1, 0.15) is 15.9 Å². The Morgan fingerprint density at radius 2 is 1.81 bits per heavy atom. The third-order valence-electron chi connectivity index (χ3n) is 2.57. The molecule has 2 aromatic rings. The SMILES string of the molecule is NCc1cc(C=O)ccc1-c1ccccc1. The molecule has 0 aromatic heterocycles. The fraction of sp³-hybridized carbons (Fsp3) is 0.0714. The summed E-state index contributed by atoms with van der Waals surface area (Å²) in [6.45, 7) is 0.436. The molecule has 0 unspecified atom stereocenters. The lowest BCUT2D eigenvalue weighted by molar-refractivity contribution is 0.112. The Kier molecular flexibility index (Phi) is 3.13. The van der Waals surface area contributed by atoms with Crippen LogP contribution < -0.4 is 5.73 Å². The highest BCUT2D eigenvalue weighted by Gasteiger charge is 2.04. The van der Waals surface area contributed by atoms with Crippen molar-refractivity contribution in [3.8, 4) is 11.1 Å². The Morgan fingerprint density at radius 3 is 2.44 bits per heavy atom. The third-order valence-corrected chi connectivity index (χ3v) is 2.57. The molecule has 0 amide bonds. The maximum Gasteiger partial charge on any atom is 0.150 e. The van der Waals surface area contributed by atoms with Crippen molar-refractivity contribution in [2.24, 2.45) is 5.73 Å². The van der Waals surface area contributed by atoms with Crippen molar-refractivity contribution in [2.45, 2.75) is 6.54 Å². The minimum absolute atomic E-state index is 0.436. The highest BCUT2D eigenvalue weighted by Crippen LogP contribution is 2.23. The van der Waals surface area contributed by atoms with Crippen molar-refractivity contribution in [3.05, 3.63) is 59.7 Å². The maximum atomic E-state index is 10.7. The van der Waals surface area contributed by atoms with Crippen LogP contribution in [0.15, 0.2) is 48.5 Å². The molecule has 0 aliphatic carbocycles. The predicted molar refractivity (Wildman–Crippen MR) is 65.2 cm³/mol. The molecule has 2 rings (SSSR count). The van der Waals surface area contributed by atoms with Gasteiger partial charge in [0.05, 0.1) is 0 Å². The number of nitrogens with two attached hydrogens (primary N) is 1. The van der Waals surface area contributed by atoms with Gasteiger partial charge in [0.15, 0.2) is 0 Å². The largest absolute Gasteiger partial charge is 0.326 e. The molecule has 0 bridgehead atoms. The van der Waals surface area contributed by atoms with Crippen LogP contribution in [0.25, 0.3) is 11.1 Å². The van der Waals surface area contributed by atoms with E-state index in [0.29, 0.717) is 12.1 Å². The zero-order valence-corrected chi connectivity index (χ0v) is 8.89. The Labute approximate surface area is 94.7 Å². The van der Waals surface area contributed by atoms with E-state index in [1.54, 1.807) is 0 Å². The third kappa shape index (κ3) is 2.02. The molecule has 0 saturated carbocycles. The summed E-state index contributed by atoms with van der Waals surface area (Å²) in [5.74, 6) is 0. The summed E-state index contributed by atoms with van der Waals surface area (Å²) in [6, 6.07) is 15.6. The van der Waals surface area contributed by atoms with Crippen LogP contribution in [0.4, 0.5) is 0 Å². The van der Waals surface area contributed by atoms with Crippen LogP contribution in [-0.2, 0) is 6.54 Å². The Hall–Kier alpha value is -1.93. The standard InChI is InChI=1S/C14H13NO/c15-9-13-8-11(10-16)6-7-14(13)12-4-2-1-3-5-12/h1-8,10H,9,15H2. The maximum absolute atomic E-state index is 10.7. The second-order valence-corrected chi connectivity index (χ2v) is 3.60. The van der Waals surface area contributed by atoms with Gasteiger partial charge in [-0.05, 0) is 22.8 Å². The first kappa shape index (κ1) is 10.6. The summed E-state index contributed by atoms with van der Waals surface area (Å²) >= 11 is 0. The summed E-state index contributed by atoms with van der Waals surface area (Å²) in [4.78, 5) is 10.7. The number of carbonyl (C=O) groups excluding carboxylic acids is 1. The fourth-order valence-corrected chi connectivity index (χ4v) is 1.76. The van der Waals surface area contributed by atoms with E-state index in [9.17, 15) is 4.79 Å². The number of hydrogen-bond donors (Lipinski definition) is 1. The van der Waals surface area contributed by atoms with Crippen LogP contribution in [0.2, 0.25) is 0 Å². The normalized spacial score (nSPS) is 10.1. The van der Waals surface area contributed by atoms with Crippen LogP contribution in [0.3, 0.4) is 0 Å². The summed E-state index contributed by atoms with van der Waals surface area (Å²) in [7, 11) is 0. The number of carbonyl (C=O) groups is 1. The van der Waals surface area contributed by atoms with E-state index in [0.717, 1.165) is 23.0 Å². The van der Waals surface area contributed by atoms with Crippen molar-refractivity contribution in [1.29, 1.82) is 0 Å². The van der Waals surface area contributed by atoms with Crippen LogP contribution in [0, 0.1) is 0 Å². The predicted octanol–water partition coefficient (Wildman–Crippen LogP) is 2.62. The zero-order valence-electron chi connectivity index (χ0n) is 8.89. The molecule has 16 heavy (non-hydrogen) atoms. The second kappa shape index (κ2) is 4.73. The van der Waals surface area contributed by atoms with Gasteiger partial charge in [0.1, 0.15) is 6.29 Å². The van der Waals surface area contributed by atoms with Gasteiger partial charge in [0.25, 0.3) is 0 Å². The van der Waals surface area contributed by atoms with Gasteiger partial charge in [-0.3, -0.25) is 4.79 Å². The van der Waals surface area contributed by atoms with Crippen molar-refractivity contribution < 1.29 is 4.79 Å². The first-order chi connectivity index (χ1) is 7.85. The smallest absolute Gasteiger partial charge is 0.150 e. The Morgan fingerprint density at radius 1 is 1.06 bits per heavy atom. The first-order valence-corrected chi connectivity index (χ1v) is 5.18. The lowest BCUT2D eigenvalue weighted by Crippen LogP contribution is -2.00.